The largest absolute Gasteiger partial charge is 0.505 e. The minimum absolute atomic E-state index is 0.295. The van der Waals surface area contributed by atoms with Crippen molar-refractivity contribution in [2.75, 3.05) is 6.61 Å². The highest BCUT2D eigenvalue weighted by Gasteiger charge is 1.92. The van der Waals surface area contributed by atoms with E-state index >= 15 is 0 Å². The van der Waals surface area contributed by atoms with Gasteiger partial charge >= 0.3 is 6.16 Å². The molecule has 0 saturated carbocycles. The van der Waals surface area contributed by atoms with Crippen LogP contribution in [0.2, 0.25) is 0 Å². The van der Waals surface area contributed by atoms with Gasteiger partial charge in [-0.1, -0.05) is 19.1 Å². The lowest BCUT2D eigenvalue weighted by atomic mass is 10.3. The minimum Gasteiger partial charge on any atom is -0.450 e. The van der Waals surface area contributed by atoms with Gasteiger partial charge in [0.25, 0.3) is 0 Å². The molecule has 0 atom stereocenters. The standard InChI is InChI=1S/C8H14O3/c1-2-3-4-5-6-7-11-8(9)10/h3-4H,2,5-7H2,1H3,(H,9,10). The monoisotopic (exact) mass is 158 g/mol. The Bertz CT molecular complexity index is 129. The van der Waals surface area contributed by atoms with Crippen LogP contribution < -0.4 is 0 Å². The fraction of sp³-hybridized carbons (Fsp3) is 0.625. The maximum absolute atomic E-state index is 9.85. The molecule has 0 aromatic heterocycles. The van der Waals surface area contributed by atoms with E-state index in [1.807, 2.05) is 6.08 Å². The van der Waals surface area contributed by atoms with Gasteiger partial charge in [-0.25, -0.2) is 4.79 Å². The maximum Gasteiger partial charge on any atom is 0.505 e. The van der Waals surface area contributed by atoms with Crippen LogP contribution in [-0.4, -0.2) is 17.9 Å². The predicted octanol–water partition coefficient (Wildman–Crippen LogP) is 2.43. The molecule has 0 spiro atoms. The van der Waals surface area contributed by atoms with Crippen molar-refractivity contribution in [2.45, 2.75) is 26.2 Å². The van der Waals surface area contributed by atoms with Crippen molar-refractivity contribution in [2.24, 2.45) is 0 Å². The lowest BCUT2D eigenvalue weighted by molar-refractivity contribution is 0.0909. The van der Waals surface area contributed by atoms with E-state index in [1.54, 1.807) is 0 Å². The van der Waals surface area contributed by atoms with Crippen LogP contribution in [0.5, 0.6) is 0 Å². The van der Waals surface area contributed by atoms with Crippen LogP contribution in [0.1, 0.15) is 26.2 Å². The topological polar surface area (TPSA) is 46.5 Å². The smallest absolute Gasteiger partial charge is 0.450 e. The summed E-state index contributed by atoms with van der Waals surface area (Å²) < 4.78 is 4.30. The van der Waals surface area contributed by atoms with Gasteiger partial charge in [0.05, 0.1) is 6.61 Å². The zero-order valence-corrected chi connectivity index (χ0v) is 6.75. The van der Waals surface area contributed by atoms with Crippen LogP contribution in [0.25, 0.3) is 0 Å². The third-order valence-corrected chi connectivity index (χ3v) is 1.14. The summed E-state index contributed by atoms with van der Waals surface area (Å²) in [6.07, 6.45) is 5.58. The van der Waals surface area contributed by atoms with Gasteiger partial charge in [-0.2, -0.15) is 0 Å². The summed E-state index contributed by atoms with van der Waals surface area (Å²) in [5.41, 5.74) is 0. The van der Waals surface area contributed by atoms with Gasteiger partial charge in [0, 0.05) is 0 Å². The van der Waals surface area contributed by atoms with Crippen LogP contribution in [0.15, 0.2) is 12.2 Å². The Balaban J connectivity index is 3.02. The van der Waals surface area contributed by atoms with Gasteiger partial charge in [-0.15, -0.1) is 0 Å². The second-order valence-corrected chi connectivity index (χ2v) is 2.14. The molecule has 0 aromatic carbocycles. The quantitative estimate of drug-likeness (QED) is 0.379. The molecule has 3 heteroatoms. The molecular weight excluding hydrogens is 144 g/mol. The average molecular weight is 158 g/mol. The van der Waals surface area contributed by atoms with Gasteiger partial charge in [0.15, 0.2) is 0 Å². The normalized spacial score (nSPS) is 10.3. The van der Waals surface area contributed by atoms with Crippen LogP contribution >= 0.6 is 0 Å². The first-order chi connectivity index (χ1) is 5.27. The van der Waals surface area contributed by atoms with Crippen molar-refractivity contribution in [1.82, 2.24) is 0 Å². The highest BCUT2D eigenvalue weighted by atomic mass is 16.7. The first-order valence-corrected chi connectivity index (χ1v) is 3.78. The molecule has 0 unspecified atom stereocenters. The van der Waals surface area contributed by atoms with E-state index in [1.165, 1.54) is 0 Å². The molecule has 0 bridgehead atoms. The molecule has 0 fully saturated rings. The molecule has 0 amide bonds. The molecular formula is C8H14O3. The number of carbonyl (C=O) groups is 1. The Morgan fingerprint density at radius 1 is 1.55 bits per heavy atom. The Morgan fingerprint density at radius 2 is 2.27 bits per heavy atom. The number of hydrogen-bond donors (Lipinski definition) is 1. The molecule has 0 aliphatic rings. The molecule has 0 saturated heterocycles. The van der Waals surface area contributed by atoms with Gasteiger partial charge in [-0.05, 0) is 19.3 Å². The molecule has 0 aliphatic heterocycles. The first-order valence-electron chi connectivity index (χ1n) is 3.78. The van der Waals surface area contributed by atoms with E-state index in [0.29, 0.717) is 6.61 Å². The number of rotatable bonds is 5. The fourth-order valence-electron chi connectivity index (χ4n) is 0.645. The Kier molecular flexibility index (Phi) is 6.48. The van der Waals surface area contributed by atoms with E-state index in [4.69, 9.17) is 5.11 Å². The van der Waals surface area contributed by atoms with Crippen molar-refractivity contribution in [3.05, 3.63) is 12.2 Å². The van der Waals surface area contributed by atoms with E-state index in [-0.39, 0.29) is 0 Å². The third kappa shape index (κ3) is 9.01. The molecule has 64 valence electrons. The predicted molar refractivity (Wildman–Crippen MR) is 42.6 cm³/mol. The van der Waals surface area contributed by atoms with Crippen molar-refractivity contribution in [3.63, 3.8) is 0 Å². The Morgan fingerprint density at radius 3 is 2.82 bits per heavy atom. The number of hydrogen-bond acceptors (Lipinski definition) is 2. The summed E-state index contributed by atoms with van der Waals surface area (Å²) in [6, 6.07) is 0. The van der Waals surface area contributed by atoms with Crippen LogP contribution in [0.4, 0.5) is 4.79 Å². The van der Waals surface area contributed by atoms with Gasteiger partial charge in [-0.3, -0.25) is 0 Å². The number of allylic oxidation sites excluding steroid dienone is 2. The zero-order valence-electron chi connectivity index (χ0n) is 6.75. The number of unbranched alkanes of at least 4 members (excludes halogenated alkanes) is 1. The molecule has 0 aliphatic carbocycles. The Hall–Kier alpha value is -0.990. The molecule has 0 rings (SSSR count). The second kappa shape index (κ2) is 7.12. The molecule has 0 radical (unpaired) electrons. The summed E-state index contributed by atoms with van der Waals surface area (Å²) in [5.74, 6) is 0. The van der Waals surface area contributed by atoms with Crippen LogP contribution in [0, 0.1) is 0 Å². The summed E-state index contributed by atoms with van der Waals surface area (Å²) in [4.78, 5) is 9.85. The number of ether oxygens (including phenoxy) is 1. The molecule has 0 aromatic rings. The lowest BCUT2D eigenvalue weighted by Crippen LogP contribution is -2.00. The minimum atomic E-state index is -1.19. The zero-order chi connectivity index (χ0) is 8.53. The average Bonchev–Trinajstić information content (AvgIpc) is 1.96. The summed E-state index contributed by atoms with van der Waals surface area (Å²) >= 11 is 0. The molecule has 0 heterocycles. The van der Waals surface area contributed by atoms with Crippen LogP contribution in [0.3, 0.4) is 0 Å². The van der Waals surface area contributed by atoms with Crippen molar-refractivity contribution < 1.29 is 14.6 Å². The van der Waals surface area contributed by atoms with Crippen molar-refractivity contribution in [1.29, 1.82) is 0 Å². The van der Waals surface area contributed by atoms with Crippen molar-refractivity contribution >= 4 is 6.16 Å². The maximum atomic E-state index is 9.85. The van der Waals surface area contributed by atoms with Gasteiger partial charge in [0.2, 0.25) is 0 Å². The summed E-state index contributed by atoms with van der Waals surface area (Å²) in [6.45, 7) is 2.35. The SMILES string of the molecule is CCC=CCCCOC(=O)O. The highest BCUT2D eigenvalue weighted by molar-refractivity contribution is 5.56. The third-order valence-electron chi connectivity index (χ3n) is 1.14. The van der Waals surface area contributed by atoms with Crippen molar-refractivity contribution in [3.8, 4) is 0 Å². The van der Waals surface area contributed by atoms with E-state index in [0.717, 1.165) is 19.3 Å². The lowest BCUT2D eigenvalue weighted by Gasteiger charge is -1.95. The molecule has 11 heavy (non-hydrogen) atoms. The fourth-order valence-corrected chi connectivity index (χ4v) is 0.645. The van der Waals surface area contributed by atoms with Gasteiger partial charge < -0.3 is 9.84 Å². The molecule has 3 nitrogen and oxygen atoms in total. The molecule has 1 N–H and O–H groups in total. The Labute approximate surface area is 66.7 Å². The van der Waals surface area contributed by atoms with Gasteiger partial charge in [0.1, 0.15) is 0 Å². The first kappa shape index (κ1) is 10.0. The van der Waals surface area contributed by atoms with E-state index in [9.17, 15) is 4.79 Å². The van der Waals surface area contributed by atoms with E-state index < -0.39 is 6.16 Å². The summed E-state index contributed by atoms with van der Waals surface area (Å²) in [7, 11) is 0. The number of carboxylic acid groups (broad SMARTS) is 1. The second-order valence-electron chi connectivity index (χ2n) is 2.14. The van der Waals surface area contributed by atoms with Crippen LogP contribution in [-0.2, 0) is 4.74 Å². The highest BCUT2D eigenvalue weighted by Crippen LogP contribution is 1.93. The summed E-state index contributed by atoms with van der Waals surface area (Å²) in [5, 5.41) is 8.08. The van der Waals surface area contributed by atoms with E-state index in [2.05, 4.69) is 17.7 Å².